The molecule has 2 atom stereocenters. The summed E-state index contributed by atoms with van der Waals surface area (Å²) in [4.78, 5) is 12.3. The van der Waals surface area contributed by atoms with Gasteiger partial charge in [-0.15, -0.1) is 0 Å². The van der Waals surface area contributed by atoms with Gasteiger partial charge in [-0.25, -0.2) is 4.79 Å². The molecule has 1 fully saturated rings. The van der Waals surface area contributed by atoms with Crippen molar-refractivity contribution in [3.63, 3.8) is 0 Å². The fourth-order valence-corrected chi connectivity index (χ4v) is 2.38. The number of rotatable bonds is 2. The van der Waals surface area contributed by atoms with Crippen molar-refractivity contribution >= 4 is 11.7 Å². The first-order chi connectivity index (χ1) is 9.74. The van der Waals surface area contributed by atoms with E-state index in [1.54, 1.807) is 0 Å². The first kappa shape index (κ1) is 15.1. The molecule has 112 valence electrons. The standard InChI is InChI=1S/C13H11F3N2O3/c14-13(15,16)10-3-8(2-1-7(10)5-17)18-6-9(19)4-11(18)12(20)21/h1-3,9,11,19H,4,6H2,(H,20,21). The molecule has 0 aromatic heterocycles. The summed E-state index contributed by atoms with van der Waals surface area (Å²) in [6.07, 6.45) is -5.69. The molecule has 0 saturated carbocycles. The van der Waals surface area contributed by atoms with E-state index in [1.165, 1.54) is 17.0 Å². The molecule has 1 aliphatic heterocycles. The van der Waals surface area contributed by atoms with Crippen LogP contribution in [0.3, 0.4) is 0 Å². The van der Waals surface area contributed by atoms with Gasteiger partial charge < -0.3 is 15.1 Å². The molecule has 1 saturated heterocycles. The number of aliphatic hydroxyl groups is 1. The lowest BCUT2D eigenvalue weighted by Gasteiger charge is -2.24. The van der Waals surface area contributed by atoms with E-state index in [1.807, 2.05) is 0 Å². The summed E-state index contributed by atoms with van der Waals surface area (Å²) < 4.78 is 38.7. The second-order valence-electron chi connectivity index (χ2n) is 4.74. The predicted octanol–water partition coefficient (Wildman–Crippen LogP) is 1.60. The van der Waals surface area contributed by atoms with Crippen molar-refractivity contribution in [3.8, 4) is 6.07 Å². The highest BCUT2D eigenvalue weighted by Gasteiger charge is 2.38. The highest BCUT2D eigenvalue weighted by atomic mass is 19.4. The zero-order chi connectivity index (χ0) is 15.8. The Hall–Kier alpha value is -2.27. The van der Waals surface area contributed by atoms with E-state index in [4.69, 9.17) is 10.4 Å². The number of halogens is 3. The number of hydrogen-bond donors (Lipinski definition) is 2. The molecule has 2 N–H and O–H groups in total. The molecular weight excluding hydrogens is 289 g/mol. The van der Waals surface area contributed by atoms with Crippen LogP contribution in [0.15, 0.2) is 18.2 Å². The van der Waals surface area contributed by atoms with Gasteiger partial charge in [-0.3, -0.25) is 0 Å². The largest absolute Gasteiger partial charge is 0.480 e. The van der Waals surface area contributed by atoms with E-state index in [-0.39, 0.29) is 18.7 Å². The molecule has 2 rings (SSSR count). The third kappa shape index (κ3) is 2.92. The number of nitriles is 1. The summed E-state index contributed by atoms with van der Waals surface area (Å²) >= 11 is 0. The predicted molar refractivity (Wildman–Crippen MR) is 65.6 cm³/mol. The Kier molecular flexibility index (Phi) is 3.78. The first-order valence-electron chi connectivity index (χ1n) is 6.03. The Morgan fingerprint density at radius 2 is 2.10 bits per heavy atom. The number of carboxylic acid groups (broad SMARTS) is 1. The molecule has 0 aliphatic carbocycles. The summed E-state index contributed by atoms with van der Waals surface area (Å²) in [5.41, 5.74) is -1.63. The molecular formula is C13H11F3N2O3. The summed E-state index contributed by atoms with van der Waals surface area (Å²) in [5, 5.41) is 27.3. The molecule has 1 aromatic rings. The van der Waals surface area contributed by atoms with Crippen molar-refractivity contribution in [3.05, 3.63) is 29.3 Å². The van der Waals surface area contributed by atoms with Crippen LogP contribution in [0.5, 0.6) is 0 Å². The zero-order valence-electron chi connectivity index (χ0n) is 10.6. The van der Waals surface area contributed by atoms with Crippen LogP contribution in [0, 0.1) is 11.3 Å². The van der Waals surface area contributed by atoms with Gasteiger partial charge in [-0.05, 0) is 18.2 Å². The molecule has 0 radical (unpaired) electrons. The minimum atomic E-state index is -4.71. The molecule has 0 amide bonds. The van der Waals surface area contributed by atoms with Crippen LogP contribution in [0.4, 0.5) is 18.9 Å². The van der Waals surface area contributed by atoms with Crippen molar-refractivity contribution in [1.29, 1.82) is 5.26 Å². The summed E-state index contributed by atoms with van der Waals surface area (Å²) in [7, 11) is 0. The number of aliphatic carboxylic acids is 1. The molecule has 0 bridgehead atoms. The fourth-order valence-electron chi connectivity index (χ4n) is 2.38. The number of hydrogen-bond acceptors (Lipinski definition) is 4. The lowest BCUT2D eigenvalue weighted by Crippen LogP contribution is -2.36. The Morgan fingerprint density at radius 3 is 2.62 bits per heavy atom. The number of aliphatic hydroxyl groups excluding tert-OH is 1. The minimum absolute atomic E-state index is 0.0188. The quantitative estimate of drug-likeness (QED) is 0.866. The van der Waals surface area contributed by atoms with Gasteiger partial charge in [0.25, 0.3) is 0 Å². The monoisotopic (exact) mass is 300 g/mol. The molecule has 5 nitrogen and oxygen atoms in total. The van der Waals surface area contributed by atoms with Crippen LogP contribution in [0.25, 0.3) is 0 Å². The maximum atomic E-state index is 12.9. The molecule has 0 spiro atoms. The van der Waals surface area contributed by atoms with Crippen LogP contribution < -0.4 is 4.90 Å². The van der Waals surface area contributed by atoms with Crippen molar-refractivity contribution in [1.82, 2.24) is 0 Å². The van der Waals surface area contributed by atoms with Crippen LogP contribution in [-0.2, 0) is 11.0 Å². The third-order valence-corrected chi connectivity index (χ3v) is 3.32. The van der Waals surface area contributed by atoms with Gasteiger partial charge in [0.1, 0.15) is 6.04 Å². The smallest absolute Gasteiger partial charge is 0.417 e. The maximum Gasteiger partial charge on any atom is 0.417 e. The molecule has 1 aromatic carbocycles. The Bertz CT molecular complexity index is 610. The summed E-state index contributed by atoms with van der Waals surface area (Å²) in [6, 6.07) is 3.37. The maximum absolute atomic E-state index is 12.9. The van der Waals surface area contributed by atoms with Gasteiger partial charge in [0.05, 0.1) is 23.3 Å². The highest BCUT2D eigenvalue weighted by Crippen LogP contribution is 2.36. The van der Waals surface area contributed by atoms with Gasteiger partial charge >= 0.3 is 12.1 Å². The van der Waals surface area contributed by atoms with Gasteiger partial charge in [0, 0.05) is 18.7 Å². The lowest BCUT2D eigenvalue weighted by atomic mass is 10.1. The van der Waals surface area contributed by atoms with Crippen molar-refractivity contribution in [2.24, 2.45) is 0 Å². The van der Waals surface area contributed by atoms with Gasteiger partial charge in [-0.2, -0.15) is 18.4 Å². The zero-order valence-corrected chi connectivity index (χ0v) is 10.6. The Morgan fingerprint density at radius 1 is 1.43 bits per heavy atom. The fraction of sp³-hybridized carbons (Fsp3) is 0.385. The molecule has 1 aliphatic rings. The second-order valence-corrected chi connectivity index (χ2v) is 4.74. The normalized spacial score (nSPS) is 22.1. The average molecular weight is 300 g/mol. The van der Waals surface area contributed by atoms with Crippen LogP contribution in [0.2, 0.25) is 0 Å². The van der Waals surface area contributed by atoms with E-state index < -0.39 is 35.4 Å². The van der Waals surface area contributed by atoms with Gasteiger partial charge in [0.15, 0.2) is 0 Å². The van der Waals surface area contributed by atoms with E-state index in [2.05, 4.69) is 0 Å². The number of nitrogens with zero attached hydrogens (tertiary/aromatic N) is 2. The SMILES string of the molecule is N#Cc1ccc(N2CC(O)CC2C(=O)O)cc1C(F)(F)F. The molecule has 2 unspecified atom stereocenters. The number of alkyl halides is 3. The topological polar surface area (TPSA) is 84.6 Å². The summed E-state index contributed by atoms with van der Waals surface area (Å²) in [5.74, 6) is -1.22. The number of anilines is 1. The summed E-state index contributed by atoms with van der Waals surface area (Å²) in [6.45, 7) is -0.0693. The number of carboxylic acids is 1. The number of β-amino-alcohol motifs (C(OH)–C–C–N with tert-alkyl or cyclic N) is 1. The van der Waals surface area contributed by atoms with Crippen molar-refractivity contribution in [2.75, 3.05) is 11.4 Å². The molecule has 1 heterocycles. The number of carbonyl (C=O) groups is 1. The van der Waals surface area contributed by atoms with Crippen molar-refractivity contribution in [2.45, 2.75) is 24.7 Å². The Balaban J connectivity index is 2.46. The van der Waals surface area contributed by atoms with E-state index >= 15 is 0 Å². The molecule has 21 heavy (non-hydrogen) atoms. The van der Waals surface area contributed by atoms with Crippen LogP contribution in [0.1, 0.15) is 17.5 Å². The highest BCUT2D eigenvalue weighted by molar-refractivity contribution is 5.79. The average Bonchev–Trinajstić information content (AvgIpc) is 2.79. The first-order valence-corrected chi connectivity index (χ1v) is 6.03. The minimum Gasteiger partial charge on any atom is -0.480 e. The van der Waals surface area contributed by atoms with E-state index in [9.17, 15) is 23.1 Å². The van der Waals surface area contributed by atoms with Crippen LogP contribution >= 0.6 is 0 Å². The van der Waals surface area contributed by atoms with Crippen LogP contribution in [-0.4, -0.2) is 34.9 Å². The third-order valence-electron chi connectivity index (χ3n) is 3.32. The van der Waals surface area contributed by atoms with E-state index in [0.29, 0.717) is 0 Å². The number of benzene rings is 1. The van der Waals surface area contributed by atoms with Crippen molar-refractivity contribution < 1.29 is 28.2 Å². The Labute approximate surface area is 117 Å². The second kappa shape index (κ2) is 5.26. The van der Waals surface area contributed by atoms with E-state index in [0.717, 1.165) is 12.1 Å². The van der Waals surface area contributed by atoms with Gasteiger partial charge in [-0.1, -0.05) is 0 Å². The lowest BCUT2D eigenvalue weighted by molar-refractivity contribution is -0.138. The molecule has 8 heteroatoms. The van der Waals surface area contributed by atoms with Gasteiger partial charge in [0.2, 0.25) is 0 Å².